The van der Waals surface area contributed by atoms with Crippen molar-refractivity contribution in [1.29, 1.82) is 0 Å². The molecule has 2 saturated heterocycles. The minimum absolute atomic E-state index is 0.230. The number of piperidine rings is 1. The highest BCUT2D eigenvalue weighted by Crippen LogP contribution is 2.49. The standard InChI is InChI=1S/C16H20FNO3/c1-18-14-6-7-16(18,21-10-15(19)20)9-12(8-14)11-2-4-13(17)5-3-11/h2-5,12,14H,6-10H2,1H3,(H,19,20)/t12-,14-,16-/m0/s1. The number of hydrogen-bond acceptors (Lipinski definition) is 3. The van der Waals surface area contributed by atoms with E-state index in [1.165, 1.54) is 12.1 Å². The van der Waals surface area contributed by atoms with Crippen LogP contribution in [0.25, 0.3) is 0 Å². The average molecular weight is 293 g/mol. The zero-order chi connectivity index (χ0) is 15.0. The Hall–Kier alpha value is -1.46. The Bertz CT molecular complexity index is 533. The van der Waals surface area contributed by atoms with Crippen LogP contribution in [0.2, 0.25) is 0 Å². The van der Waals surface area contributed by atoms with E-state index in [-0.39, 0.29) is 12.4 Å². The molecule has 0 aliphatic carbocycles. The van der Waals surface area contributed by atoms with Crippen LogP contribution in [-0.4, -0.2) is 41.4 Å². The summed E-state index contributed by atoms with van der Waals surface area (Å²) < 4.78 is 18.8. The molecule has 2 fully saturated rings. The largest absolute Gasteiger partial charge is 0.480 e. The van der Waals surface area contributed by atoms with Gasteiger partial charge in [0, 0.05) is 6.04 Å². The minimum Gasteiger partial charge on any atom is -0.480 e. The Balaban J connectivity index is 1.80. The average Bonchev–Trinajstić information content (AvgIpc) is 2.65. The Morgan fingerprint density at radius 2 is 2.19 bits per heavy atom. The van der Waals surface area contributed by atoms with E-state index in [9.17, 15) is 9.18 Å². The number of benzene rings is 1. The van der Waals surface area contributed by atoms with Crippen molar-refractivity contribution >= 4 is 5.97 Å². The number of ether oxygens (including phenoxy) is 1. The van der Waals surface area contributed by atoms with Gasteiger partial charge in [0.15, 0.2) is 0 Å². The lowest BCUT2D eigenvalue weighted by atomic mass is 9.83. The highest BCUT2D eigenvalue weighted by atomic mass is 19.1. The molecule has 2 aliphatic heterocycles. The second kappa shape index (κ2) is 5.39. The van der Waals surface area contributed by atoms with Crippen LogP contribution in [0.1, 0.15) is 37.2 Å². The lowest BCUT2D eigenvalue weighted by Crippen LogP contribution is -2.52. The molecule has 1 aromatic rings. The molecule has 2 bridgehead atoms. The minimum atomic E-state index is -0.940. The van der Waals surface area contributed by atoms with E-state index in [0.717, 1.165) is 31.2 Å². The molecule has 1 aromatic carbocycles. The van der Waals surface area contributed by atoms with Crippen molar-refractivity contribution in [2.75, 3.05) is 13.7 Å². The quantitative estimate of drug-likeness (QED) is 0.927. The first kappa shape index (κ1) is 14.5. The maximum absolute atomic E-state index is 13.1. The molecule has 21 heavy (non-hydrogen) atoms. The molecule has 4 nitrogen and oxygen atoms in total. The highest BCUT2D eigenvalue weighted by molar-refractivity contribution is 5.68. The van der Waals surface area contributed by atoms with Gasteiger partial charge >= 0.3 is 5.97 Å². The first-order valence-electron chi connectivity index (χ1n) is 7.34. The smallest absolute Gasteiger partial charge is 0.329 e. The maximum atomic E-state index is 13.1. The van der Waals surface area contributed by atoms with Crippen molar-refractivity contribution in [1.82, 2.24) is 4.90 Å². The summed E-state index contributed by atoms with van der Waals surface area (Å²) in [5.41, 5.74) is 0.625. The van der Waals surface area contributed by atoms with Gasteiger partial charge in [-0.05, 0) is 56.3 Å². The van der Waals surface area contributed by atoms with Gasteiger partial charge in [-0.3, -0.25) is 4.90 Å². The molecule has 3 atom stereocenters. The number of hydrogen-bond donors (Lipinski definition) is 1. The van der Waals surface area contributed by atoms with E-state index in [2.05, 4.69) is 4.90 Å². The van der Waals surface area contributed by atoms with Gasteiger partial charge in [-0.2, -0.15) is 0 Å². The summed E-state index contributed by atoms with van der Waals surface area (Å²) in [5.74, 6) is -0.875. The van der Waals surface area contributed by atoms with Crippen molar-refractivity contribution < 1.29 is 19.0 Å². The summed E-state index contributed by atoms with van der Waals surface area (Å²) in [5, 5.41) is 8.88. The molecule has 0 unspecified atom stereocenters. The van der Waals surface area contributed by atoms with Gasteiger partial charge in [-0.15, -0.1) is 0 Å². The highest BCUT2D eigenvalue weighted by Gasteiger charge is 2.51. The number of nitrogens with zero attached hydrogens (tertiary/aromatic N) is 1. The number of halogens is 1. The number of aliphatic carboxylic acids is 1. The van der Waals surface area contributed by atoms with Crippen LogP contribution in [0, 0.1) is 5.82 Å². The Morgan fingerprint density at radius 1 is 1.48 bits per heavy atom. The van der Waals surface area contributed by atoms with Crippen molar-refractivity contribution in [3.8, 4) is 0 Å². The molecule has 114 valence electrons. The summed E-state index contributed by atoms with van der Waals surface area (Å²) in [4.78, 5) is 13.0. The summed E-state index contributed by atoms with van der Waals surface area (Å²) in [6.07, 6.45) is 3.66. The molecule has 3 rings (SSSR count). The monoisotopic (exact) mass is 293 g/mol. The molecular formula is C16H20FNO3. The molecule has 0 saturated carbocycles. The fraction of sp³-hybridized carbons (Fsp3) is 0.562. The maximum Gasteiger partial charge on any atom is 0.329 e. The molecule has 0 amide bonds. The molecular weight excluding hydrogens is 273 g/mol. The number of carboxylic acids is 1. The lowest BCUT2D eigenvalue weighted by molar-refractivity contribution is -0.177. The summed E-state index contributed by atoms with van der Waals surface area (Å²) >= 11 is 0. The van der Waals surface area contributed by atoms with Crippen LogP contribution in [0.4, 0.5) is 4.39 Å². The fourth-order valence-electron chi connectivity index (χ4n) is 3.83. The first-order valence-corrected chi connectivity index (χ1v) is 7.34. The lowest BCUT2D eigenvalue weighted by Gasteiger charge is -2.45. The van der Waals surface area contributed by atoms with Crippen LogP contribution in [0.15, 0.2) is 24.3 Å². The molecule has 1 N–H and O–H groups in total. The van der Waals surface area contributed by atoms with E-state index in [1.54, 1.807) is 0 Å². The normalized spacial score (nSPS) is 32.3. The van der Waals surface area contributed by atoms with Gasteiger partial charge in [0.05, 0.1) is 0 Å². The number of carboxylic acid groups (broad SMARTS) is 1. The van der Waals surface area contributed by atoms with Gasteiger partial charge < -0.3 is 9.84 Å². The van der Waals surface area contributed by atoms with Crippen molar-refractivity contribution in [2.24, 2.45) is 0 Å². The third kappa shape index (κ3) is 2.68. The van der Waals surface area contributed by atoms with Crippen LogP contribution < -0.4 is 0 Å². The number of rotatable bonds is 4. The topological polar surface area (TPSA) is 49.8 Å². The van der Waals surface area contributed by atoms with E-state index in [0.29, 0.717) is 12.0 Å². The van der Waals surface area contributed by atoms with Crippen LogP contribution in [-0.2, 0) is 9.53 Å². The van der Waals surface area contributed by atoms with E-state index in [4.69, 9.17) is 9.84 Å². The van der Waals surface area contributed by atoms with Gasteiger partial charge in [-0.1, -0.05) is 12.1 Å². The van der Waals surface area contributed by atoms with Crippen molar-refractivity contribution in [2.45, 2.75) is 43.4 Å². The molecule has 0 aromatic heterocycles. The van der Waals surface area contributed by atoms with E-state index >= 15 is 0 Å². The third-order valence-electron chi connectivity index (χ3n) is 4.99. The Kier molecular flexibility index (Phi) is 3.71. The fourth-order valence-corrected chi connectivity index (χ4v) is 3.83. The second-order valence-corrected chi connectivity index (χ2v) is 6.12. The Labute approximate surface area is 123 Å². The summed E-state index contributed by atoms with van der Waals surface area (Å²) in [7, 11) is 2.01. The van der Waals surface area contributed by atoms with Gasteiger partial charge in [-0.25, -0.2) is 9.18 Å². The summed E-state index contributed by atoms with van der Waals surface area (Å²) in [6, 6.07) is 7.04. The van der Waals surface area contributed by atoms with Crippen LogP contribution in [0.3, 0.4) is 0 Å². The van der Waals surface area contributed by atoms with Crippen molar-refractivity contribution in [3.05, 3.63) is 35.6 Å². The first-order chi connectivity index (χ1) is 10.00. The zero-order valence-electron chi connectivity index (χ0n) is 12.1. The number of fused-ring (bicyclic) bond motifs is 2. The van der Waals surface area contributed by atoms with Crippen LogP contribution >= 0.6 is 0 Å². The predicted molar refractivity (Wildman–Crippen MR) is 75.5 cm³/mol. The number of carbonyl (C=O) groups is 1. The van der Waals surface area contributed by atoms with E-state index < -0.39 is 11.7 Å². The second-order valence-electron chi connectivity index (χ2n) is 6.12. The third-order valence-corrected chi connectivity index (χ3v) is 4.99. The van der Waals surface area contributed by atoms with Gasteiger partial charge in [0.1, 0.15) is 18.1 Å². The Morgan fingerprint density at radius 3 is 2.86 bits per heavy atom. The molecule has 2 aliphatic rings. The SMILES string of the molecule is CN1[C@H]2CC[C@]1(OCC(=O)O)C[C@@H](c1ccc(F)cc1)C2. The molecule has 5 heteroatoms. The van der Waals surface area contributed by atoms with Gasteiger partial charge in [0.2, 0.25) is 0 Å². The zero-order valence-corrected chi connectivity index (χ0v) is 12.1. The summed E-state index contributed by atoms with van der Waals surface area (Å²) in [6.45, 7) is -0.271. The predicted octanol–water partition coefficient (Wildman–Crippen LogP) is 2.59. The molecule has 2 heterocycles. The van der Waals surface area contributed by atoms with Crippen molar-refractivity contribution in [3.63, 3.8) is 0 Å². The molecule has 0 spiro atoms. The van der Waals surface area contributed by atoms with Crippen LogP contribution in [0.5, 0.6) is 0 Å². The van der Waals surface area contributed by atoms with Gasteiger partial charge in [0.25, 0.3) is 0 Å². The van der Waals surface area contributed by atoms with E-state index in [1.807, 2.05) is 19.2 Å². The molecule has 0 radical (unpaired) electrons.